The summed E-state index contributed by atoms with van der Waals surface area (Å²) in [5, 5.41) is 0. The van der Waals surface area contributed by atoms with Crippen LogP contribution < -0.4 is 4.72 Å². The highest BCUT2D eigenvalue weighted by atomic mass is 32.2. The maximum atomic E-state index is 12.0. The Morgan fingerprint density at radius 3 is 2.45 bits per heavy atom. The molecule has 7 heteroatoms. The van der Waals surface area contributed by atoms with Crippen molar-refractivity contribution in [3.8, 4) is 0 Å². The number of imide groups is 1. The van der Waals surface area contributed by atoms with Gasteiger partial charge in [0.2, 0.25) is 5.91 Å². The van der Waals surface area contributed by atoms with E-state index in [9.17, 15) is 18.0 Å². The zero-order chi connectivity index (χ0) is 14.8. The van der Waals surface area contributed by atoms with E-state index in [1.807, 2.05) is 11.6 Å². The molecule has 1 saturated heterocycles. The van der Waals surface area contributed by atoms with E-state index in [0.717, 1.165) is 16.9 Å². The average molecular weight is 296 g/mol. The highest BCUT2D eigenvalue weighted by molar-refractivity contribution is 7.90. The molecule has 1 aromatic rings. The van der Waals surface area contributed by atoms with Crippen LogP contribution in [0.3, 0.4) is 0 Å². The van der Waals surface area contributed by atoms with E-state index >= 15 is 0 Å². The Kier molecular flexibility index (Phi) is 4.08. The number of benzene rings is 1. The summed E-state index contributed by atoms with van der Waals surface area (Å²) in [6.07, 6.45) is 1.70. The van der Waals surface area contributed by atoms with Crippen molar-refractivity contribution in [2.45, 2.75) is 31.1 Å². The largest absolute Gasteiger partial charge is 0.337 e. The van der Waals surface area contributed by atoms with Crippen LogP contribution in [-0.4, -0.2) is 31.8 Å². The van der Waals surface area contributed by atoms with Crippen molar-refractivity contribution in [3.63, 3.8) is 0 Å². The summed E-state index contributed by atoms with van der Waals surface area (Å²) in [5.41, 5.74) is 0.918. The predicted molar refractivity (Wildman–Crippen MR) is 72.5 cm³/mol. The van der Waals surface area contributed by atoms with Gasteiger partial charge in [-0.1, -0.05) is 17.7 Å². The van der Waals surface area contributed by atoms with Crippen molar-refractivity contribution in [1.82, 2.24) is 9.62 Å². The zero-order valence-corrected chi connectivity index (χ0v) is 11.9. The molecule has 2 rings (SSSR count). The van der Waals surface area contributed by atoms with Gasteiger partial charge in [0.1, 0.15) is 0 Å². The third-order valence-corrected chi connectivity index (χ3v) is 4.46. The third-order valence-electron chi connectivity index (χ3n) is 3.12. The SMILES string of the molecule is Cc1ccc(S(=O)(=O)NC(=O)N2CCCCC2=O)cc1. The molecule has 0 spiro atoms. The van der Waals surface area contributed by atoms with Gasteiger partial charge in [0.15, 0.2) is 0 Å². The molecule has 1 aliphatic rings. The number of carbonyl (C=O) groups excluding carboxylic acids is 2. The van der Waals surface area contributed by atoms with Gasteiger partial charge in [0.25, 0.3) is 10.0 Å². The van der Waals surface area contributed by atoms with Crippen molar-refractivity contribution in [2.24, 2.45) is 0 Å². The first-order chi connectivity index (χ1) is 9.40. The molecule has 0 radical (unpaired) electrons. The molecule has 3 amide bonds. The minimum absolute atomic E-state index is 0.000841. The van der Waals surface area contributed by atoms with Crippen molar-refractivity contribution >= 4 is 22.0 Å². The maximum Gasteiger partial charge on any atom is 0.337 e. The number of urea groups is 1. The van der Waals surface area contributed by atoms with E-state index in [0.29, 0.717) is 6.42 Å². The highest BCUT2D eigenvalue weighted by Gasteiger charge is 2.28. The van der Waals surface area contributed by atoms with Crippen LogP contribution in [-0.2, 0) is 14.8 Å². The summed E-state index contributed by atoms with van der Waals surface area (Å²) >= 11 is 0. The maximum absolute atomic E-state index is 12.0. The second-order valence-electron chi connectivity index (χ2n) is 4.73. The summed E-state index contributed by atoms with van der Waals surface area (Å²) in [4.78, 5) is 24.4. The zero-order valence-electron chi connectivity index (χ0n) is 11.1. The van der Waals surface area contributed by atoms with E-state index in [1.165, 1.54) is 12.1 Å². The van der Waals surface area contributed by atoms with Crippen molar-refractivity contribution in [2.75, 3.05) is 6.54 Å². The predicted octanol–water partition coefficient (Wildman–Crippen LogP) is 1.41. The Labute approximate surface area is 117 Å². The molecular formula is C13H16N2O4S. The number of hydrogen-bond donors (Lipinski definition) is 1. The molecule has 1 heterocycles. The summed E-state index contributed by atoms with van der Waals surface area (Å²) in [7, 11) is -3.94. The fourth-order valence-corrected chi connectivity index (χ4v) is 2.92. The number of hydrogen-bond acceptors (Lipinski definition) is 4. The molecule has 0 saturated carbocycles. The number of sulfonamides is 1. The van der Waals surface area contributed by atoms with Crippen molar-refractivity contribution < 1.29 is 18.0 Å². The molecule has 0 aliphatic carbocycles. The smallest absolute Gasteiger partial charge is 0.274 e. The molecular weight excluding hydrogens is 280 g/mol. The van der Waals surface area contributed by atoms with Crippen LogP contribution in [0.25, 0.3) is 0 Å². The van der Waals surface area contributed by atoms with Gasteiger partial charge in [-0.2, -0.15) is 0 Å². The Bertz CT molecular complexity index is 622. The van der Waals surface area contributed by atoms with Gasteiger partial charge in [-0.15, -0.1) is 0 Å². The number of piperidine rings is 1. The normalized spacial score (nSPS) is 16.1. The number of aryl methyl sites for hydroxylation is 1. The summed E-state index contributed by atoms with van der Waals surface area (Å²) in [6.45, 7) is 2.09. The Morgan fingerprint density at radius 1 is 1.20 bits per heavy atom. The van der Waals surface area contributed by atoms with Crippen molar-refractivity contribution in [1.29, 1.82) is 0 Å². The standard InChI is InChI=1S/C13H16N2O4S/c1-10-5-7-11(8-6-10)20(18,19)14-13(17)15-9-3-2-4-12(15)16/h5-8H,2-4,9H2,1H3,(H,14,17). The number of amides is 3. The second kappa shape index (κ2) is 5.62. The molecule has 0 aromatic heterocycles. The average Bonchev–Trinajstić information content (AvgIpc) is 2.39. The number of nitrogens with zero attached hydrogens (tertiary/aromatic N) is 1. The van der Waals surface area contributed by atoms with Crippen molar-refractivity contribution in [3.05, 3.63) is 29.8 Å². The minimum atomic E-state index is -3.94. The van der Waals surface area contributed by atoms with E-state index in [1.54, 1.807) is 12.1 Å². The lowest BCUT2D eigenvalue weighted by atomic mass is 10.1. The van der Waals surface area contributed by atoms with Crippen LogP contribution in [0, 0.1) is 6.92 Å². The number of nitrogens with one attached hydrogen (secondary N) is 1. The molecule has 6 nitrogen and oxygen atoms in total. The quantitative estimate of drug-likeness (QED) is 0.894. The Hall–Kier alpha value is -1.89. The molecule has 0 unspecified atom stereocenters. The van der Waals surface area contributed by atoms with E-state index in [4.69, 9.17) is 0 Å². The molecule has 0 atom stereocenters. The molecule has 20 heavy (non-hydrogen) atoms. The lowest BCUT2D eigenvalue weighted by Crippen LogP contribution is -2.47. The van der Waals surface area contributed by atoms with E-state index < -0.39 is 16.1 Å². The first-order valence-corrected chi connectivity index (χ1v) is 7.82. The number of rotatable bonds is 2. The lowest BCUT2D eigenvalue weighted by Gasteiger charge is -2.24. The number of likely N-dealkylation sites (tertiary alicyclic amines) is 1. The van der Waals surface area contributed by atoms with Crippen LogP contribution in [0.15, 0.2) is 29.2 Å². The van der Waals surface area contributed by atoms with E-state index in [2.05, 4.69) is 0 Å². The van der Waals surface area contributed by atoms with E-state index in [-0.39, 0.29) is 23.8 Å². The number of carbonyl (C=O) groups is 2. The molecule has 0 bridgehead atoms. The molecule has 1 aliphatic heterocycles. The Balaban J connectivity index is 2.13. The minimum Gasteiger partial charge on any atom is -0.274 e. The molecule has 1 aromatic carbocycles. The highest BCUT2D eigenvalue weighted by Crippen LogP contribution is 2.13. The van der Waals surface area contributed by atoms with Crippen LogP contribution in [0.1, 0.15) is 24.8 Å². The Morgan fingerprint density at radius 2 is 1.85 bits per heavy atom. The molecule has 1 fully saturated rings. The summed E-state index contributed by atoms with van der Waals surface area (Å²) in [5.74, 6) is -0.340. The van der Waals surface area contributed by atoms with Crippen LogP contribution in [0.4, 0.5) is 4.79 Å². The third kappa shape index (κ3) is 3.16. The second-order valence-corrected chi connectivity index (χ2v) is 6.41. The van der Waals surface area contributed by atoms with Gasteiger partial charge in [-0.3, -0.25) is 9.69 Å². The van der Waals surface area contributed by atoms with Gasteiger partial charge >= 0.3 is 6.03 Å². The van der Waals surface area contributed by atoms with Crippen LogP contribution >= 0.6 is 0 Å². The van der Waals surface area contributed by atoms with Gasteiger partial charge in [-0.05, 0) is 31.9 Å². The van der Waals surface area contributed by atoms with Gasteiger partial charge < -0.3 is 0 Å². The van der Waals surface area contributed by atoms with Gasteiger partial charge in [-0.25, -0.2) is 17.9 Å². The molecule has 1 N–H and O–H groups in total. The van der Waals surface area contributed by atoms with Crippen LogP contribution in [0.5, 0.6) is 0 Å². The molecule has 108 valence electrons. The topological polar surface area (TPSA) is 83.6 Å². The lowest BCUT2D eigenvalue weighted by molar-refractivity contribution is -0.129. The fraction of sp³-hybridized carbons (Fsp3) is 0.385. The van der Waals surface area contributed by atoms with Crippen LogP contribution in [0.2, 0.25) is 0 Å². The monoisotopic (exact) mass is 296 g/mol. The summed E-state index contributed by atoms with van der Waals surface area (Å²) in [6, 6.07) is 5.25. The van der Waals surface area contributed by atoms with Gasteiger partial charge in [0, 0.05) is 13.0 Å². The first-order valence-electron chi connectivity index (χ1n) is 6.34. The summed E-state index contributed by atoms with van der Waals surface area (Å²) < 4.78 is 26.0. The van der Waals surface area contributed by atoms with Gasteiger partial charge in [0.05, 0.1) is 4.90 Å². The first kappa shape index (κ1) is 14.5. The fourth-order valence-electron chi connectivity index (χ4n) is 1.97.